The van der Waals surface area contributed by atoms with Crippen LogP contribution in [0.3, 0.4) is 0 Å². The summed E-state index contributed by atoms with van der Waals surface area (Å²) in [5.74, 6) is -0.478. The molecule has 1 atom stereocenters. The molecule has 0 aliphatic carbocycles. The maximum atomic E-state index is 13.1. The zero-order valence-corrected chi connectivity index (χ0v) is 27.6. The minimum absolute atomic E-state index is 0.110. The van der Waals surface area contributed by atoms with Crippen molar-refractivity contribution in [2.45, 2.75) is 18.1 Å². The minimum Gasteiger partial charge on any atom is -0.491 e. The van der Waals surface area contributed by atoms with E-state index in [-0.39, 0.29) is 12.6 Å². The Bertz CT molecular complexity index is 1910. The molecule has 2 amide bonds. The number of hydrogen-bond donors (Lipinski definition) is 3. The van der Waals surface area contributed by atoms with E-state index in [1.54, 1.807) is 6.20 Å². The molecule has 6 aromatic rings. The fourth-order valence-corrected chi connectivity index (χ4v) is 6.30. The molecule has 0 bridgehead atoms. The van der Waals surface area contributed by atoms with E-state index < -0.39 is 17.6 Å². The number of likely N-dealkylation sites (N-methyl/N-ethyl adjacent to an activating group) is 1. The van der Waals surface area contributed by atoms with E-state index in [2.05, 4.69) is 15.6 Å². The number of anilines is 1. The molecule has 6 rings (SSSR count). The largest absolute Gasteiger partial charge is 0.491 e. The van der Waals surface area contributed by atoms with Gasteiger partial charge in [-0.1, -0.05) is 121 Å². The van der Waals surface area contributed by atoms with Crippen molar-refractivity contribution >= 4 is 17.7 Å². The molecule has 0 saturated carbocycles. The lowest BCUT2D eigenvalue weighted by Gasteiger charge is -2.46. The SMILES string of the molecule is CN(C(COc1cccc(-c2cccc(NC(=O)NCc3ccccn3)c2)c1)C(=O)O)C(c1ccccc1)(c1ccccc1)c1ccccc1. The molecule has 1 unspecified atom stereocenters. The second-order valence-corrected chi connectivity index (χ2v) is 11.8. The van der Waals surface area contributed by atoms with Crippen molar-refractivity contribution in [2.75, 3.05) is 19.0 Å². The van der Waals surface area contributed by atoms with Crippen LogP contribution in [0.25, 0.3) is 11.1 Å². The highest BCUT2D eigenvalue weighted by atomic mass is 16.5. The highest BCUT2D eigenvalue weighted by Gasteiger charge is 2.45. The first-order chi connectivity index (χ1) is 24.4. The van der Waals surface area contributed by atoms with Crippen molar-refractivity contribution in [2.24, 2.45) is 0 Å². The number of nitrogens with one attached hydrogen (secondary N) is 2. The lowest BCUT2D eigenvalue weighted by atomic mass is 9.75. The summed E-state index contributed by atoms with van der Waals surface area (Å²) >= 11 is 0. The third kappa shape index (κ3) is 7.56. The Hall–Kier alpha value is -6.25. The van der Waals surface area contributed by atoms with Crippen molar-refractivity contribution in [3.05, 3.63) is 186 Å². The predicted molar refractivity (Wildman–Crippen MR) is 196 cm³/mol. The van der Waals surface area contributed by atoms with Crippen molar-refractivity contribution in [1.29, 1.82) is 0 Å². The summed E-state index contributed by atoms with van der Waals surface area (Å²) in [6.45, 7) is 0.197. The van der Waals surface area contributed by atoms with Crippen LogP contribution in [0.5, 0.6) is 5.75 Å². The summed E-state index contributed by atoms with van der Waals surface area (Å²) in [6.07, 6.45) is 1.68. The molecule has 8 heteroatoms. The number of aliphatic carboxylic acids is 1. The molecule has 0 radical (unpaired) electrons. The third-order valence-corrected chi connectivity index (χ3v) is 8.71. The van der Waals surface area contributed by atoms with Gasteiger partial charge in [0.2, 0.25) is 0 Å². The van der Waals surface area contributed by atoms with E-state index in [1.807, 2.05) is 170 Å². The molecule has 0 aliphatic rings. The minimum atomic E-state index is -1.03. The Kier molecular flexibility index (Phi) is 10.6. The first-order valence-corrected chi connectivity index (χ1v) is 16.4. The molecule has 5 aromatic carbocycles. The highest BCUT2D eigenvalue weighted by molar-refractivity contribution is 5.90. The number of carboxylic acids is 1. The Labute approximate surface area is 292 Å². The highest BCUT2D eigenvalue weighted by Crippen LogP contribution is 2.43. The van der Waals surface area contributed by atoms with Crippen LogP contribution in [0.1, 0.15) is 22.4 Å². The van der Waals surface area contributed by atoms with Gasteiger partial charge in [0, 0.05) is 11.9 Å². The summed E-state index contributed by atoms with van der Waals surface area (Å²) < 4.78 is 6.28. The van der Waals surface area contributed by atoms with Gasteiger partial charge in [-0.05, 0) is 71.3 Å². The monoisotopic (exact) mass is 662 g/mol. The van der Waals surface area contributed by atoms with E-state index in [4.69, 9.17) is 4.74 Å². The van der Waals surface area contributed by atoms with Crippen LogP contribution in [0.4, 0.5) is 10.5 Å². The van der Waals surface area contributed by atoms with Gasteiger partial charge < -0.3 is 20.5 Å². The Morgan fingerprint density at radius 1 is 0.720 bits per heavy atom. The molecule has 8 nitrogen and oxygen atoms in total. The van der Waals surface area contributed by atoms with Gasteiger partial charge >= 0.3 is 12.0 Å². The number of aromatic nitrogens is 1. The molecular formula is C42H38N4O4. The number of rotatable bonds is 13. The van der Waals surface area contributed by atoms with Crippen molar-refractivity contribution in [3.8, 4) is 16.9 Å². The molecule has 0 fully saturated rings. The number of ether oxygens (including phenoxy) is 1. The van der Waals surface area contributed by atoms with Crippen LogP contribution in [-0.4, -0.2) is 46.7 Å². The number of carbonyl (C=O) groups excluding carboxylic acids is 1. The second-order valence-electron chi connectivity index (χ2n) is 11.8. The Morgan fingerprint density at radius 2 is 1.28 bits per heavy atom. The van der Waals surface area contributed by atoms with E-state index >= 15 is 0 Å². The summed E-state index contributed by atoms with van der Waals surface area (Å²) in [5, 5.41) is 16.4. The standard InChI is InChI=1S/C42H38N4O4/c1-46(42(33-17-5-2-6-18-33,34-19-7-3-8-20-34)35-21-9-4-10-22-35)39(40(47)48)30-50-38-25-14-16-32(28-38)31-15-13-24-36(27-31)45-41(49)44-29-37-23-11-12-26-43-37/h2-28,39H,29-30H2,1H3,(H,47,48)(H2,44,45,49). The number of nitrogens with zero attached hydrogens (tertiary/aromatic N) is 2. The number of carboxylic acid groups (broad SMARTS) is 1. The summed E-state index contributed by atoms with van der Waals surface area (Å²) in [6, 6.07) is 49.1. The summed E-state index contributed by atoms with van der Waals surface area (Å²) in [5.41, 5.74) is 4.98. The molecule has 1 aromatic heterocycles. The van der Waals surface area contributed by atoms with Crippen LogP contribution in [0.2, 0.25) is 0 Å². The normalized spacial score (nSPS) is 11.8. The summed E-state index contributed by atoms with van der Waals surface area (Å²) in [4.78, 5) is 31.8. The quantitative estimate of drug-likeness (QED) is 0.109. The number of carbonyl (C=O) groups is 2. The zero-order chi connectivity index (χ0) is 34.8. The van der Waals surface area contributed by atoms with Gasteiger partial charge in [-0.15, -0.1) is 0 Å². The third-order valence-electron chi connectivity index (χ3n) is 8.71. The van der Waals surface area contributed by atoms with Crippen LogP contribution in [0, 0.1) is 0 Å². The molecule has 0 aliphatic heterocycles. The van der Waals surface area contributed by atoms with Crippen LogP contribution in [-0.2, 0) is 16.9 Å². The zero-order valence-electron chi connectivity index (χ0n) is 27.6. The molecule has 50 heavy (non-hydrogen) atoms. The fourth-order valence-electron chi connectivity index (χ4n) is 6.30. The number of amides is 2. The number of benzene rings is 5. The second kappa shape index (κ2) is 15.8. The molecule has 3 N–H and O–H groups in total. The summed E-state index contributed by atoms with van der Waals surface area (Å²) in [7, 11) is 1.84. The lowest BCUT2D eigenvalue weighted by Crippen LogP contribution is -2.55. The van der Waals surface area contributed by atoms with E-state index in [0.717, 1.165) is 33.5 Å². The average Bonchev–Trinajstić information content (AvgIpc) is 3.16. The van der Waals surface area contributed by atoms with Crippen LogP contribution in [0.15, 0.2) is 164 Å². The maximum Gasteiger partial charge on any atom is 0.324 e. The molecule has 0 spiro atoms. The van der Waals surface area contributed by atoms with E-state index in [1.165, 1.54) is 0 Å². The van der Waals surface area contributed by atoms with Gasteiger partial charge in [-0.2, -0.15) is 0 Å². The topological polar surface area (TPSA) is 104 Å². The molecular weight excluding hydrogens is 624 g/mol. The molecule has 1 heterocycles. The van der Waals surface area contributed by atoms with Gasteiger partial charge in [-0.25, -0.2) is 4.79 Å². The Balaban J connectivity index is 1.24. The first-order valence-electron chi connectivity index (χ1n) is 16.4. The van der Waals surface area contributed by atoms with Crippen LogP contribution < -0.4 is 15.4 Å². The van der Waals surface area contributed by atoms with E-state index in [9.17, 15) is 14.7 Å². The van der Waals surface area contributed by atoms with Gasteiger partial charge in [-0.3, -0.25) is 14.7 Å². The van der Waals surface area contributed by atoms with Crippen molar-refractivity contribution < 1.29 is 19.4 Å². The predicted octanol–water partition coefficient (Wildman–Crippen LogP) is 7.83. The fraction of sp³-hybridized carbons (Fsp3) is 0.119. The van der Waals surface area contributed by atoms with Crippen molar-refractivity contribution in [3.63, 3.8) is 0 Å². The average molecular weight is 663 g/mol. The smallest absolute Gasteiger partial charge is 0.324 e. The van der Waals surface area contributed by atoms with E-state index in [0.29, 0.717) is 18.0 Å². The molecule has 0 saturated heterocycles. The van der Waals surface area contributed by atoms with Crippen LogP contribution >= 0.6 is 0 Å². The first kappa shape index (κ1) is 33.6. The number of pyridine rings is 1. The van der Waals surface area contributed by atoms with Gasteiger partial charge in [0.15, 0.2) is 0 Å². The lowest BCUT2D eigenvalue weighted by molar-refractivity contribution is -0.145. The van der Waals surface area contributed by atoms with Crippen molar-refractivity contribution in [1.82, 2.24) is 15.2 Å². The van der Waals surface area contributed by atoms with Gasteiger partial charge in [0.1, 0.15) is 18.4 Å². The van der Waals surface area contributed by atoms with Gasteiger partial charge in [0.05, 0.1) is 17.8 Å². The van der Waals surface area contributed by atoms with Gasteiger partial charge in [0.25, 0.3) is 0 Å². The maximum absolute atomic E-state index is 13.1. The number of hydrogen-bond acceptors (Lipinski definition) is 5. The molecule has 250 valence electrons. The number of urea groups is 1. The Morgan fingerprint density at radius 3 is 1.84 bits per heavy atom.